The van der Waals surface area contributed by atoms with Crippen molar-refractivity contribution >= 4 is 26.7 Å². The van der Waals surface area contributed by atoms with E-state index in [0.29, 0.717) is 11.3 Å². The van der Waals surface area contributed by atoms with Crippen molar-refractivity contribution in [1.82, 2.24) is 9.72 Å². The van der Waals surface area contributed by atoms with E-state index in [-0.39, 0.29) is 39.6 Å². The topological polar surface area (TPSA) is 113 Å². The third-order valence-corrected chi connectivity index (χ3v) is 8.34. The van der Waals surface area contributed by atoms with Crippen LogP contribution < -0.4 is 19.3 Å². The van der Waals surface area contributed by atoms with E-state index in [0.717, 1.165) is 27.1 Å². The van der Waals surface area contributed by atoms with Gasteiger partial charge >= 0.3 is 6.36 Å². The molecule has 0 aliphatic carbocycles. The summed E-state index contributed by atoms with van der Waals surface area (Å²) < 4.78 is 102. The summed E-state index contributed by atoms with van der Waals surface area (Å²) in [5.41, 5.74) is -0.388. The van der Waals surface area contributed by atoms with Gasteiger partial charge in [0.25, 0.3) is 15.6 Å². The number of nitrogens with zero attached hydrogens (tertiary/aromatic N) is 3. The number of alkyl halides is 3. The number of pyridine rings is 1. The van der Waals surface area contributed by atoms with Crippen LogP contribution in [-0.2, 0) is 27.9 Å². The van der Waals surface area contributed by atoms with Crippen molar-refractivity contribution in [3.8, 4) is 17.2 Å². The summed E-state index contributed by atoms with van der Waals surface area (Å²) in [6, 6.07) is 16.5. The average molecular weight is 634 g/mol. The van der Waals surface area contributed by atoms with Crippen LogP contribution in [0.3, 0.4) is 0 Å². The zero-order chi connectivity index (χ0) is 31.6. The molecule has 0 N–H and O–H groups in total. The maximum atomic E-state index is 14.9. The zero-order valence-electron chi connectivity index (χ0n) is 23.0. The first kappa shape index (κ1) is 30.6. The Morgan fingerprint density at radius 2 is 1.70 bits per heavy atom. The maximum Gasteiger partial charge on any atom is 0.522 e. The number of halogens is 4. The average Bonchev–Trinajstić information content (AvgIpc) is 3.53. The Morgan fingerprint density at radius 1 is 0.955 bits per heavy atom. The standard InChI is InChI=1S/C29H23F4N3O7S/c1-40-21-6-3-18(4-7-21)16-35(27-11-12-43-34-27)44(38,39)22-8-9-24-19(13-22)5-10-28(37)36(24)25-15-23(30)20(14-26(25)41-2)17-42-29(31,32)33/h3-15H,16-17H2,1-2H3. The lowest BCUT2D eigenvalue weighted by Gasteiger charge is -2.22. The Balaban J connectivity index is 1.57. The van der Waals surface area contributed by atoms with Crippen LogP contribution in [0, 0.1) is 5.82 Å². The maximum absolute atomic E-state index is 14.9. The Kier molecular flexibility index (Phi) is 8.34. The molecule has 5 rings (SSSR count). The zero-order valence-corrected chi connectivity index (χ0v) is 23.9. The second-order valence-electron chi connectivity index (χ2n) is 9.29. The first-order valence-corrected chi connectivity index (χ1v) is 14.1. The molecular weight excluding hydrogens is 610 g/mol. The van der Waals surface area contributed by atoms with E-state index < -0.39 is 39.9 Å². The number of rotatable bonds is 10. The van der Waals surface area contributed by atoms with Crippen LogP contribution in [0.1, 0.15) is 11.1 Å². The molecule has 0 unspecified atom stereocenters. The molecule has 2 aromatic heterocycles. The van der Waals surface area contributed by atoms with Crippen molar-refractivity contribution in [2.45, 2.75) is 24.4 Å². The summed E-state index contributed by atoms with van der Waals surface area (Å²) in [5.74, 6) is -0.572. The van der Waals surface area contributed by atoms with Crippen LogP contribution in [0.15, 0.2) is 93.3 Å². The predicted molar refractivity (Wildman–Crippen MR) is 150 cm³/mol. The third kappa shape index (κ3) is 6.23. The lowest BCUT2D eigenvalue weighted by Crippen LogP contribution is -2.31. The number of hydrogen-bond donors (Lipinski definition) is 0. The van der Waals surface area contributed by atoms with Crippen molar-refractivity contribution in [3.63, 3.8) is 0 Å². The van der Waals surface area contributed by atoms with Crippen LogP contribution in [0.4, 0.5) is 23.4 Å². The second-order valence-corrected chi connectivity index (χ2v) is 11.2. The lowest BCUT2D eigenvalue weighted by atomic mass is 10.1. The number of fused-ring (bicyclic) bond motifs is 1. The first-order valence-electron chi connectivity index (χ1n) is 12.7. The van der Waals surface area contributed by atoms with E-state index in [1.54, 1.807) is 24.3 Å². The lowest BCUT2D eigenvalue weighted by molar-refractivity contribution is -0.330. The van der Waals surface area contributed by atoms with E-state index in [2.05, 4.69) is 9.89 Å². The van der Waals surface area contributed by atoms with Gasteiger partial charge in [-0.3, -0.25) is 14.1 Å². The first-order chi connectivity index (χ1) is 20.9. The van der Waals surface area contributed by atoms with Crippen molar-refractivity contribution in [2.75, 3.05) is 18.5 Å². The molecule has 0 bridgehead atoms. The van der Waals surface area contributed by atoms with E-state index in [4.69, 9.17) is 14.0 Å². The predicted octanol–water partition coefficient (Wildman–Crippen LogP) is 5.57. The molecule has 10 nitrogen and oxygen atoms in total. The van der Waals surface area contributed by atoms with Gasteiger partial charge in [-0.15, -0.1) is 13.2 Å². The smallest absolute Gasteiger partial charge is 0.497 e. The van der Waals surface area contributed by atoms with E-state index in [1.807, 2.05) is 0 Å². The third-order valence-electron chi connectivity index (χ3n) is 6.60. The second kappa shape index (κ2) is 12.0. The number of aromatic nitrogens is 2. The molecule has 0 saturated heterocycles. The minimum atomic E-state index is -4.99. The van der Waals surface area contributed by atoms with Gasteiger partial charge in [0.2, 0.25) is 0 Å². The summed E-state index contributed by atoms with van der Waals surface area (Å²) >= 11 is 0. The van der Waals surface area contributed by atoms with Crippen LogP contribution in [-0.4, -0.2) is 38.7 Å². The van der Waals surface area contributed by atoms with Crippen molar-refractivity contribution in [3.05, 3.63) is 106 Å². The fraction of sp³-hybridized carbons (Fsp3) is 0.172. The molecule has 230 valence electrons. The van der Waals surface area contributed by atoms with E-state index >= 15 is 0 Å². The van der Waals surface area contributed by atoms with Crippen LogP contribution in [0.25, 0.3) is 16.6 Å². The highest BCUT2D eigenvalue weighted by Crippen LogP contribution is 2.32. The van der Waals surface area contributed by atoms with Gasteiger partial charge in [0, 0.05) is 29.1 Å². The summed E-state index contributed by atoms with van der Waals surface area (Å²) in [7, 11) is -1.55. The quantitative estimate of drug-likeness (QED) is 0.184. The summed E-state index contributed by atoms with van der Waals surface area (Å²) in [5, 5.41) is 4.09. The summed E-state index contributed by atoms with van der Waals surface area (Å²) in [6.45, 7) is -1.21. The van der Waals surface area contributed by atoms with Crippen LogP contribution in [0.2, 0.25) is 0 Å². The Hall–Kier alpha value is -4.89. The molecule has 3 aromatic carbocycles. The van der Waals surface area contributed by atoms with Crippen molar-refractivity contribution < 1.29 is 44.7 Å². The number of anilines is 1. The van der Waals surface area contributed by atoms with Crippen molar-refractivity contribution in [2.24, 2.45) is 0 Å². The fourth-order valence-electron chi connectivity index (χ4n) is 4.47. The van der Waals surface area contributed by atoms with Crippen molar-refractivity contribution in [1.29, 1.82) is 0 Å². The fourth-order valence-corrected chi connectivity index (χ4v) is 5.90. The molecular formula is C29H23F4N3O7S. The Bertz CT molecular complexity index is 1960. The Morgan fingerprint density at radius 3 is 2.34 bits per heavy atom. The van der Waals surface area contributed by atoms with E-state index in [9.17, 15) is 30.8 Å². The molecule has 0 aliphatic rings. The molecule has 0 amide bonds. The van der Waals surface area contributed by atoms with Gasteiger partial charge in [0.05, 0.1) is 43.5 Å². The Labute approximate surface area is 247 Å². The van der Waals surface area contributed by atoms with Gasteiger partial charge in [-0.05, 0) is 48.0 Å². The minimum absolute atomic E-state index is 0.0284. The highest BCUT2D eigenvalue weighted by atomic mass is 32.2. The molecule has 0 atom stereocenters. The normalized spacial score (nSPS) is 12.0. The van der Waals surface area contributed by atoms with Gasteiger partial charge in [-0.2, -0.15) is 0 Å². The van der Waals surface area contributed by atoms with E-state index in [1.165, 1.54) is 50.8 Å². The van der Waals surface area contributed by atoms with Gasteiger partial charge < -0.3 is 14.0 Å². The number of hydrogen-bond acceptors (Lipinski definition) is 8. The molecule has 44 heavy (non-hydrogen) atoms. The highest BCUT2D eigenvalue weighted by Gasteiger charge is 2.30. The number of methoxy groups -OCH3 is 2. The van der Waals surface area contributed by atoms with Gasteiger partial charge in [0.15, 0.2) is 5.82 Å². The monoisotopic (exact) mass is 633 g/mol. The molecule has 0 aliphatic heterocycles. The highest BCUT2D eigenvalue weighted by molar-refractivity contribution is 7.92. The molecule has 15 heteroatoms. The van der Waals surface area contributed by atoms with Gasteiger partial charge in [-0.25, -0.2) is 17.1 Å². The molecule has 2 heterocycles. The molecule has 5 aromatic rings. The van der Waals surface area contributed by atoms with Gasteiger partial charge in [0.1, 0.15) is 23.6 Å². The van der Waals surface area contributed by atoms with Crippen LogP contribution in [0.5, 0.6) is 11.5 Å². The van der Waals surface area contributed by atoms with Crippen LogP contribution >= 0.6 is 0 Å². The number of ether oxygens (including phenoxy) is 3. The summed E-state index contributed by atoms with van der Waals surface area (Å²) in [4.78, 5) is 12.9. The van der Waals surface area contributed by atoms with Gasteiger partial charge in [-0.1, -0.05) is 17.3 Å². The SMILES string of the molecule is COc1ccc(CN(c2ccon2)S(=O)(=O)c2ccc3c(ccc(=O)n3-c3cc(F)c(COC(F)(F)F)cc3OC)c2)cc1. The molecule has 0 saturated carbocycles. The summed E-state index contributed by atoms with van der Waals surface area (Å²) in [6.07, 6.45) is -3.75. The number of benzene rings is 3. The molecule has 0 radical (unpaired) electrons. The number of sulfonamides is 1. The largest absolute Gasteiger partial charge is 0.522 e. The molecule has 0 fully saturated rings. The minimum Gasteiger partial charge on any atom is -0.497 e. The molecule has 0 spiro atoms.